The van der Waals surface area contributed by atoms with Crippen molar-refractivity contribution >= 4 is 5.91 Å². The second-order valence-corrected chi connectivity index (χ2v) is 1.44. The van der Waals surface area contributed by atoms with Crippen molar-refractivity contribution in [3.8, 4) is 0 Å². The summed E-state index contributed by atoms with van der Waals surface area (Å²) in [6.07, 6.45) is 4.24. The molecule has 2 nitrogen and oxygen atoms in total. The molecule has 0 unspecified atom stereocenters. The van der Waals surface area contributed by atoms with E-state index >= 15 is 0 Å². The Kier molecular flexibility index (Phi) is 3.13. The number of hydrogen-bond acceptors (Lipinski definition) is 1. The Bertz CT molecular complexity index is 168. The first kappa shape index (κ1) is 7.69. The van der Waals surface area contributed by atoms with Crippen LogP contribution in [-0.4, -0.2) is 5.91 Å². The minimum absolute atomic E-state index is 0.247. The molecule has 0 saturated carbocycles. The Balaban J connectivity index is 3.92. The van der Waals surface area contributed by atoms with Gasteiger partial charge in [-0.05, 0) is 0 Å². The van der Waals surface area contributed by atoms with Gasteiger partial charge >= 0.3 is 0 Å². The van der Waals surface area contributed by atoms with Crippen LogP contribution in [0, 0.1) is 6.58 Å². The summed E-state index contributed by atoms with van der Waals surface area (Å²) in [4.78, 5) is 10.2. The summed E-state index contributed by atoms with van der Waals surface area (Å²) in [5.74, 6) is -0.534. The quantitative estimate of drug-likeness (QED) is 0.431. The number of carbonyl (C=O) groups is 1. The maximum Gasteiger partial charge on any atom is 0.248 e. The molecule has 0 saturated heterocycles. The van der Waals surface area contributed by atoms with Gasteiger partial charge in [0.05, 0.1) is 0 Å². The van der Waals surface area contributed by atoms with E-state index < -0.39 is 5.91 Å². The zero-order valence-corrected chi connectivity index (χ0v) is 5.00. The first-order chi connectivity index (χ1) is 4.18. The summed E-state index contributed by atoms with van der Waals surface area (Å²) in [7, 11) is 0. The molecule has 0 bridgehead atoms. The highest BCUT2D eigenvalue weighted by Crippen LogP contribution is 1.89. The van der Waals surface area contributed by atoms with Crippen LogP contribution in [0.1, 0.15) is 0 Å². The molecule has 47 valence electrons. The number of hydrogen-bond donors (Lipinski definition) is 1. The van der Waals surface area contributed by atoms with Gasteiger partial charge in [0.2, 0.25) is 5.91 Å². The van der Waals surface area contributed by atoms with Gasteiger partial charge in [-0.2, -0.15) is 0 Å². The first-order valence-corrected chi connectivity index (χ1v) is 2.39. The van der Waals surface area contributed by atoms with Gasteiger partial charge in [-0.15, -0.1) is 0 Å². The molecule has 0 heterocycles. The van der Waals surface area contributed by atoms with Gasteiger partial charge in [-0.1, -0.05) is 31.4 Å². The maximum absolute atomic E-state index is 10.2. The molecule has 1 amide bonds. The highest BCUT2D eigenvalue weighted by molar-refractivity contribution is 5.94. The molecule has 0 aromatic carbocycles. The lowest BCUT2D eigenvalue weighted by atomic mass is 10.3. The Labute approximate surface area is 54.4 Å². The molecule has 0 spiro atoms. The summed E-state index contributed by atoms with van der Waals surface area (Å²) in [6.45, 7) is 8.33. The van der Waals surface area contributed by atoms with Gasteiger partial charge in [-0.25, -0.2) is 0 Å². The lowest BCUT2D eigenvalue weighted by Gasteiger charge is -1.86. The fourth-order valence-corrected chi connectivity index (χ4v) is 0.254. The highest BCUT2D eigenvalue weighted by atomic mass is 16.1. The molecular formula is C7H8NO. The Morgan fingerprint density at radius 1 is 1.67 bits per heavy atom. The molecule has 0 aliphatic carbocycles. The average molecular weight is 122 g/mol. The van der Waals surface area contributed by atoms with Crippen LogP contribution < -0.4 is 5.73 Å². The van der Waals surface area contributed by atoms with Crippen LogP contribution in [0.2, 0.25) is 0 Å². The number of nitrogens with two attached hydrogens (primary N) is 1. The highest BCUT2D eigenvalue weighted by Gasteiger charge is 1.91. The second kappa shape index (κ2) is 3.66. The average Bonchev–Trinajstić information content (AvgIpc) is 1.82. The molecule has 1 radical (unpaired) electrons. The molecule has 0 aliphatic heterocycles. The zero-order valence-electron chi connectivity index (χ0n) is 5.00. The lowest BCUT2D eigenvalue weighted by Crippen LogP contribution is -2.11. The molecule has 0 fully saturated rings. The van der Waals surface area contributed by atoms with Crippen LogP contribution in [0.3, 0.4) is 0 Å². The van der Waals surface area contributed by atoms with Crippen molar-refractivity contribution in [3.63, 3.8) is 0 Å². The molecule has 0 aliphatic rings. The van der Waals surface area contributed by atoms with Crippen LogP contribution in [-0.2, 0) is 4.79 Å². The van der Waals surface area contributed by atoms with Crippen molar-refractivity contribution in [2.24, 2.45) is 5.73 Å². The van der Waals surface area contributed by atoms with Gasteiger partial charge in [-0.3, -0.25) is 4.79 Å². The smallest absolute Gasteiger partial charge is 0.248 e. The van der Waals surface area contributed by atoms with Gasteiger partial charge in [0.1, 0.15) is 0 Å². The van der Waals surface area contributed by atoms with Gasteiger partial charge in [0.25, 0.3) is 0 Å². The summed E-state index contributed by atoms with van der Waals surface area (Å²) in [5, 5.41) is 0. The second-order valence-electron chi connectivity index (χ2n) is 1.44. The van der Waals surface area contributed by atoms with Crippen LogP contribution >= 0.6 is 0 Å². The summed E-state index contributed by atoms with van der Waals surface area (Å²) < 4.78 is 0. The molecule has 0 rings (SSSR count). The third kappa shape index (κ3) is 3.29. The van der Waals surface area contributed by atoms with E-state index in [-0.39, 0.29) is 5.57 Å². The fraction of sp³-hybridized carbons (Fsp3) is 0. The van der Waals surface area contributed by atoms with Crippen LogP contribution in [0.25, 0.3) is 0 Å². The van der Waals surface area contributed by atoms with E-state index in [1.54, 1.807) is 0 Å². The van der Waals surface area contributed by atoms with Crippen molar-refractivity contribution in [2.45, 2.75) is 0 Å². The fourth-order valence-electron chi connectivity index (χ4n) is 0.254. The third-order valence-electron chi connectivity index (χ3n) is 0.725. The number of rotatable bonds is 3. The van der Waals surface area contributed by atoms with E-state index in [4.69, 9.17) is 12.3 Å². The van der Waals surface area contributed by atoms with Gasteiger partial charge < -0.3 is 5.73 Å². The Morgan fingerprint density at radius 3 is 2.56 bits per heavy atom. The largest absolute Gasteiger partial charge is 0.366 e. The Hall–Kier alpha value is -1.31. The van der Waals surface area contributed by atoms with Crippen LogP contribution in [0.15, 0.2) is 30.4 Å². The van der Waals surface area contributed by atoms with Crippen LogP contribution in [0.4, 0.5) is 0 Å². The van der Waals surface area contributed by atoms with E-state index in [0.717, 1.165) is 0 Å². The normalized spacial score (nSPS) is 9.33. The molecule has 0 aromatic heterocycles. The number of amides is 1. The van der Waals surface area contributed by atoms with E-state index in [1.807, 2.05) is 0 Å². The SMILES string of the molecule is [CH]=C/C=C/C(=C)C(N)=O. The van der Waals surface area contributed by atoms with E-state index in [2.05, 4.69) is 6.58 Å². The molecule has 9 heavy (non-hydrogen) atoms. The minimum Gasteiger partial charge on any atom is -0.366 e. The molecule has 0 aromatic rings. The third-order valence-corrected chi connectivity index (χ3v) is 0.725. The topological polar surface area (TPSA) is 43.1 Å². The van der Waals surface area contributed by atoms with E-state index in [1.165, 1.54) is 18.2 Å². The summed E-state index contributed by atoms with van der Waals surface area (Å²) in [5.41, 5.74) is 5.08. The lowest BCUT2D eigenvalue weighted by molar-refractivity contribution is -0.114. The van der Waals surface area contributed by atoms with E-state index in [9.17, 15) is 4.79 Å². The van der Waals surface area contributed by atoms with Crippen LogP contribution in [0.5, 0.6) is 0 Å². The van der Waals surface area contributed by atoms with Gasteiger partial charge in [0.15, 0.2) is 0 Å². The first-order valence-electron chi connectivity index (χ1n) is 2.39. The molecule has 2 N–H and O–H groups in total. The monoisotopic (exact) mass is 122 g/mol. The maximum atomic E-state index is 10.2. The number of allylic oxidation sites excluding steroid dienone is 2. The molecule has 2 heteroatoms. The van der Waals surface area contributed by atoms with Crippen molar-refractivity contribution < 1.29 is 4.79 Å². The van der Waals surface area contributed by atoms with E-state index in [0.29, 0.717) is 0 Å². The Morgan fingerprint density at radius 2 is 2.22 bits per heavy atom. The van der Waals surface area contributed by atoms with Crippen molar-refractivity contribution in [1.29, 1.82) is 0 Å². The molecule has 0 atom stereocenters. The van der Waals surface area contributed by atoms with Gasteiger partial charge in [0, 0.05) is 5.57 Å². The summed E-state index contributed by atoms with van der Waals surface area (Å²) >= 11 is 0. The van der Waals surface area contributed by atoms with Crippen molar-refractivity contribution in [3.05, 3.63) is 37.0 Å². The number of primary amides is 1. The number of carbonyl (C=O) groups excluding carboxylic acids is 1. The predicted molar refractivity (Wildman–Crippen MR) is 36.3 cm³/mol. The predicted octanol–water partition coefficient (Wildman–Crippen LogP) is 0.573. The standard InChI is InChI=1S/C7H8NO/c1-3-4-5-6(2)7(8)9/h1,3-5H,2H2,(H2,8,9)/b3-1?,5-4+. The van der Waals surface area contributed by atoms with Crippen molar-refractivity contribution in [2.75, 3.05) is 0 Å². The minimum atomic E-state index is -0.534. The summed E-state index contributed by atoms with van der Waals surface area (Å²) in [6, 6.07) is 0. The van der Waals surface area contributed by atoms with Crippen molar-refractivity contribution in [1.82, 2.24) is 0 Å². The zero-order chi connectivity index (χ0) is 7.28. The molecular weight excluding hydrogens is 114 g/mol.